The summed E-state index contributed by atoms with van der Waals surface area (Å²) < 4.78 is 31.9. The van der Waals surface area contributed by atoms with Crippen LogP contribution in [0.25, 0.3) is 11.1 Å². The molecule has 0 bridgehead atoms. The molecule has 2 aromatic heterocycles. The number of hydrogen-bond donors (Lipinski definition) is 2. The number of ether oxygens (including phenoxy) is 2. The first-order chi connectivity index (χ1) is 21.0. The fourth-order valence-electron chi connectivity index (χ4n) is 5.20. The van der Waals surface area contributed by atoms with Gasteiger partial charge in [0, 0.05) is 41.7 Å². The Morgan fingerprint density at radius 3 is 2.77 bits per heavy atom. The van der Waals surface area contributed by atoms with Gasteiger partial charge in [-0.25, -0.2) is 14.3 Å². The standard InChI is InChI=1S/C32H25ClFN5O4/c33-26-11-21(16-37-17-31-38-32(40)43-39-31)29(41-18-20-10-19(13-35)14-36-15-20)12-30(26)42-28-9-8-23-22(5-3-6-25(23)28)24-4-1-2-7-27(24)34/h1-7,10-12,14-15,28,37H,8-9,16-18H2,(H,38,39,40)/t28-/m0/s1. The van der Waals surface area contributed by atoms with Gasteiger partial charge >= 0.3 is 5.76 Å². The Labute approximate surface area is 250 Å². The number of rotatable bonds is 10. The van der Waals surface area contributed by atoms with Gasteiger partial charge < -0.3 is 19.3 Å². The largest absolute Gasteiger partial charge is 0.488 e. The number of pyridine rings is 1. The summed E-state index contributed by atoms with van der Waals surface area (Å²) in [6.07, 6.45) is 4.28. The monoisotopic (exact) mass is 597 g/mol. The van der Waals surface area contributed by atoms with E-state index in [1.165, 1.54) is 12.3 Å². The molecule has 0 aliphatic heterocycles. The van der Waals surface area contributed by atoms with Crippen molar-refractivity contribution in [2.45, 2.75) is 38.6 Å². The van der Waals surface area contributed by atoms with E-state index in [0.29, 0.717) is 46.4 Å². The van der Waals surface area contributed by atoms with Crippen LogP contribution in [0.3, 0.4) is 0 Å². The molecular formula is C32H25ClFN5O4. The van der Waals surface area contributed by atoms with Crippen molar-refractivity contribution < 1.29 is 18.4 Å². The van der Waals surface area contributed by atoms with Gasteiger partial charge in [0.25, 0.3) is 0 Å². The van der Waals surface area contributed by atoms with E-state index in [-0.39, 0.29) is 25.1 Å². The maximum atomic E-state index is 14.6. The molecule has 0 unspecified atom stereocenters. The van der Waals surface area contributed by atoms with E-state index in [4.69, 9.17) is 21.1 Å². The molecule has 0 fully saturated rings. The first kappa shape index (κ1) is 28.2. The highest BCUT2D eigenvalue weighted by Crippen LogP contribution is 2.43. The van der Waals surface area contributed by atoms with Gasteiger partial charge in [-0.3, -0.25) is 4.98 Å². The zero-order valence-corrected chi connectivity index (χ0v) is 23.5. The lowest BCUT2D eigenvalue weighted by Gasteiger charge is -2.20. The highest BCUT2D eigenvalue weighted by atomic mass is 35.5. The Hall–Kier alpha value is -4.98. The molecule has 43 heavy (non-hydrogen) atoms. The van der Waals surface area contributed by atoms with E-state index in [0.717, 1.165) is 34.2 Å². The molecule has 2 N–H and O–H groups in total. The minimum atomic E-state index is -0.701. The van der Waals surface area contributed by atoms with Crippen molar-refractivity contribution in [3.63, 3.8) is 0 Å². The lowest BCUT2D eigenvalue weighted by molar-refractivity contribution is 0.206. The van der Waals surface area contributed by atoms with E-state index in [1.807, 2.05) is 24.3 Å². The highest BCUT2D eigenvalue weighted by Gasteiger charge is 2.28. The van der Waals surface area contributed by atoms with Gasteiger partial charge in [-0.2, -0.15) is 10.2 Å². The molecular weight excluding hydrogens is 573 g/mol. The van der Waals surface area contributed by atoms with Gasteiger partial charge in [0.15, 0.2) is 5.82 Å². The molecule has 0 amide bonds. The van der Waals surface area contributed by atoms with Crippen LogP contribution in [0, 0.1) is 17.1 Å². The van der Waals surface area contributed by atoms with Crippen molar-refractivity contribution in [2.24, 2.45) is 0 Å². The number of benzene rings is 3. The van der Waals surface area contributed by atoms with Crippen molar-refractivity contribution in [1.82, 2.24) is 20.4 Å². The second-order valence-corrected chi connectivity index (χ2v) is 10.4. The maximum absolute atomic E-state index is 14.6. The smallest absolute Gasteiger partial charge is 0.459 e. The minimum Gasteiger partial charge on any atom is -0.488 e. The average molecular weight is 598 g/mol. The van der Waals surface area contributed by atoms with Crippen LogP contribution in [-0.4, -0.2) is 15.1 Å². The van der Waals surface area contributed by atoms with E-state index in [2.05, 4.69) is 31.0 Å². The number of aromatic amines is 1. The summed E-state index contributed by atoms with van der Waals surface area (Å²) in [5.41, 5.74) is 5.37. The number of nitrogens with zero attached hydrogens (tertiary/aromatic N) is 3. The second kappa shape index (κ2) is 12.5. The predicted molar refractivity (Wildman–Crippen MR) is 156 cm³/mol. The van der Waals surface area contributed by atoms with Gasteiger partial charge in [0.05, 0.1) is 17.1 Å². The highest BCUT2D eigenvalue weighted by molar-refractivity contribution is 6.32. The van der Waals surface area contributed by atoms with E-state index in [1.54, 1.807) is 36.5 Å². The van der Waals surface area contributed by atoms with Crippen molar-refractivity contribution in [3.8, 4) is 28.7 Å². The molecule has 9 nitrogen and oxygen atoms in total. The Morgan fingerprint density at radius 1 is 1.09 bits per heavy atom. The number of aromatic nitrogens is 3. The molecule has 2 heterocycles. The first-order valence-corrected chi connectivity index (χ1v) is 13.9. The molecule has 0 saturated heterocycles. The number of hydrogen-bond acceptors (Lipinski definition) is 8. The van der Waals surface area contributed by atoms with E-state index < -0.39 is 5.76 Å². The SMILES string of the molecule is N#Cc1cncc(COc2cc(O[C@H]3CCc4c(-c5ccccc5F)cccc43)c(Cl)cc2CNCc2nc(=O)o[nH]2)c1. The summed E-state index contributed by atoms with van der Waals surface area (Å²) in [7, 11) is 0. The van der Waals surface area contributed by atoms with Gasteiger partial charge in [-0.1, -0.05) is 48.0 Å². The Bertz CT molecular complexity index is 1880. The third kappa shape index (κ3) is 6.28. The first-order valence-electron chi connectivity index (χ1n) is 13.6. The molecule has 0 spiro atoms. The molecule has 6 rings (SSSR count). The van der Waals surface area contributed by atoms with Crippen molar-refractivity contribution in [1.29, 1.82) is 5.26 Å². The van der Waals surface area contributed by atoms with Crippen molar-refractivity contribution in [2.75, 3.05) is 0 Å². The summed E-state index contributed by atoms with van der Waals surface area (Å²) in [5.74, 6) is 0.348. The van der Waals surface area contributed by atoms with Gasteiger partial charge in [0.2, 0.25) is 0 Å². The maximum Gasteiger partial charge on any atom is 0.459 e. The van der Waals surface area contributed by atoms with E-state index in [9.17, 15) is 14.4 Å². The van der Waals surface area contributed by atoms with Crippen LogP contribution in [0.1, 0.15) is 46.2 Å². The Kier molecular flexibility index (Phi) is 8.18. The number of nitriles is 1. The Morgan fingerprint density at radius 2 is 1.95 bits per heavy atom. The zero-order chi connectivity index (χ0) is 29.8. The third-order valence-electron chi connectivity index (χ3n) is 7.17. The van der Waals surface area contributed by atoms with Crippen molar-refractivity contribution >= 4 is 11.6 Å². The second-order valence-electron chi connectivity index (χ2n) is 10.0. The van der Waals surface area contributed by atoms with Crippen molar-refractivity contribution in [3.05, 3.63) is 128 Å². The molecule has 216 valence electrons. The van der Waals surface area contributed by atoms with Crippen LogP contribution < -0.4 is 20.5 Å². The van der Waals surface area contributed by atoms with Gasteiger partial charge in [-0.15, -0.1) is 0 Å². The number of fused-ring (bicyclic) bond motifs is 1. The molecule has 3 aromatic carbocycles. The molecule has 5 aromatic rings. The molecule has 0 saturated carbocycles. The number of H-pyrrole nitrogens is 1. The third-order valence-corrected chi connectivity index (χ3v) is 7.47. The molecule has 0 radical (unpaired) electrons. The van der Waals surface area contributed by atoms with Crippen LogP contribution >= 0.6 is 11.6 Å². The summed E-state index contributed by atoms with van der Waals surface area (Å²) >= 11 is 6.73. The van der Waals surface area contributed by atoms with Gasteiger partial charge in [0.1, 0.15) is 36.1 Å². The average Bonchev–Trinajstić information content (AvgIpc) is 3.63. The summed E-state index contributed by atoms with van der Waals surface area (Å²) in [5, 5.41) is 15.3. The lowest BCUT2D eigenvalue weighted by Crippen LogP contribution is -2.15. The predicted octanol–water partition coefficient (Wildman–Crippen LogP) is 6.02. The fourth-order valence-corrected chi connectivity index (χ4v) is 5.43. The van der Waals surface area contributed by atoms with Crippen LogP contribution in [-0.2, 0) is 26.1 Å². The van der Waals surface area contributed by atoms with Crippen LogP contribution in [0.2, 0.25) is 5.02 Å². The lowest BCUT2D eigenvalue weighted by atomic mass is 9.96. The Balaban J connectivity index is 1.26. The van der Waals surface area contributed by atoms with Crippen LogP contribution in [0.15, 0.2) is 82.4 Å². The van der Waals surface area contributed by atoms with Crippen LogP contribution in [0.4, 0.5) is 4.39 Å². The molecule has 11 heteroatoms. The zero-order valence-electron chi connectivity index (χ0n) is 22.8. The topological polar surface area (TPSA) is 126 Å². The fraction of sp³-hybridized carbons (Fsp3) is 0.188. The summed E-state index contributed by atoms with van der Waals surface area (Å²) in [4.78, 5) is 19.0. The molecule has 1 atom stereocenters. The summed E-state index contributed by atoms with van der Waals surface area (Å²) in [6.45, 7) is 0.739. The molecule has 1 aliphatic rings. The summed E-state index contributed by atoms with van der Waals surface area (Å²) in [6, 6.07) is 19.9. The number of nitrogens with one attached hydrogen (secondary N) is 2. The van der Waals surface area contributed by atoms with Crippen LogP contribution in [0.5, 0.6) is 11.5 Å². The van der Waals surface area contributed by atoms with Gasteiger partial charge in [-0.05, 0) is 47.7 Å². The van der Waals surface area contributed by atoms with E-state index >= 15 is 0 Å². The number of halogens is 2. The normalized spacial score (nSPS) is 13.8. The molecule has 1 aliphatic carbocycles. The quantitative estimate of drug-likeness (QED) is 0.200. The minimum absolute atomic E-state index is 0.158.